The number of amides is 4. The molecule has 4 rings (SSSR count). The van der Waals surface area contributed by atoms with E-state index in [4.69, 9.17) is 23.7 Å². The highest BCUT2D eigenvalue weighted by atomic mass is 16.7. The maximum atomic E-state index is 12.6. The molecule has 2 unspecified atom stereocenters. The van der Waals surface area contributed by atoms with Crippen molar-refractivity contribution in [1.29, 1.82) is 0 Å². The fourth-order valence-corrected chi connectivity index (χ4v) is 8.99. The number of ether oxygens (including phenoxy) is 6. The van der Waals surface area contributed by atoms with E-state index in [1.54, 1.807) is 14.0 Å². The highest BCUT2D eigenvalue weighted by Crippen LogP contribution is 2.37. The largest absolute Gasteiger partial charge is 0.446 e. The summed E-state index contributed by atoms with van der Waals surface area (Å²) in [4.78, 5) is 60.3. The van der Waals surface area contributed by atoms with Gasteiger partial charge in [0.05, 0.1) is 6.61 Å². The summed E-state index contributed by atoms with van der Waals surface area (Å²) in [7, 11) is 1.59. The molecular weight excluding hydrogens is 724 g/mol. The third-order valence-corrected chi connectivity index (χ3v) is 12.0. The van der Waals surface area contributed by atoms with Crippen LogP contribution in [0.25, 0.3) is 0 Å². The number of rotatable bonds is 17. The molecule has 4 fully saturated rings. The Morgan fingerprint density at radius 2 is 0.857 bits per heavy atom. The van der Waals surface area contributed by atoms with Crippen molar-refractivity contribution < 1.29 is 52.4 Å². The van der Waals surface area contributed by atoms with Gasteiger partial charge in [-0.2, -0.15) is 0 Å². The van der Waals surface area contributed by atoms with Crippen molar-refractivity contribution in [2.45, 2.75) is 166 Å². The number of hydrogen-bond acceptors (Lipinski definition) is 11. The molecule has 4 N–H and O–H groups in total. The van der Waals surface area contributed by atoms with E-state index in [1.807, 2.05) is 6.92 Å². The minimum Gasteiger partial charge on any atom is -0.446 e. The maximum Gasteiger partial charge on any atom is 0.410 e. The van der Waals surface area contributed by atoms with Crippen molar-refractivity contribution in [2.75, 3.05) is 27.1 Å². The van der Waals surface area contributed by atoms with E-state index in [1.165, 1.54) is 6.42 Å². The molecule has 4 amide bonds. The topological polar surface area (TPSA) is 189 Å². The lowest BCUT2D eigenvalue weighted by Gasteiger charge is -2.34. The molecule has 318 valence electrons. The SMILES string of the molecule is C=CC(=O)OCOC(=O)NC1CCC(CC2CCC(NC(=O)OC(C)COC(=O)NC3CCC(CC4CCC(NC(=O)OC(C)COC)CC4)CC3)CC2)CC1. The van der Waals surface area contributed by atoms with Crippen LogP contribution in [-0.4, -0.2) is 93.8 Å². The predicted molar refractivity (Wildman–Crippen MR) is 208 cm³/mol. The molecule has 4 aliphatic rings. The summed E-state index contributed by atoms with van der Waals surface area (Å²) in [5.74, 6) is 1.92. The normalized spacial score (nSPS) is 28.9. The Labute approximate surface area is 332 Å². The zero-order valence-electron chi connectivity index (χ0n) is 33.9. The van der Waals surface area contributed by atoms with Gasteiger partial charge in [-0.1, -0.05) is 6.58 Å². The van der Waals surface area contributed by atoms with E-state index in [0.29, 0.717) is 30.3 Å². The van der Waals surface area contributed by atoms with E-state index >= 15 is 0 Å². The third-order valence-electron chi connectivity index (χ3n) is 12.0. The molecule has 0 bridgehead atoms. The van der Waals surface area contributed by atoms with E-state index < -0.39 is 37.1 Å². The lowest BCUT2D eigenvalue weighted by molar-refractivity contribution is -0.145. The number of alkyl carbamates (subject to hydrolysis) is 4. The molecular formula is C41H68N4O11. The van der Waals surface area contributed by atoms with E-state index in [0.717, 1.165) is 115 Å². The van der Waals surface area contributed by atoms with Gasteiger partial charge in [0.1, 0.15) is 18.8 Å². The van der Waals surface area contributed by atoms with E-state index in [2.05, 4.69) is 32.6 Å². The van der Waals surface area contributed by atoms with Crippen molar-refractivity contribution in [3.8, 4) is 0 Å². The third kappa shape index (κ3) is 17.2. The Morgan fingerprint density at radius 3 is 1.21 bits per heavy atom. The number of nitrogens with one attached hydrogen (secondary N) is 4. The lowest BCUT2D eigenvalue weighted by atomic mass is 9.76. The monoisotopic (exact) mass is 792 g/mol. The molecule has 0 aromatic rings. The van der Waals surface area contributed by atoms with Gasteiger partial charge >= 0.3 is 30.3 Å². The Balaban J connectivity index is 0.982. The summed E-state index contributed by atoms with van der Waals surface area (Å²) in [5, 5.41) is 11.9. The zero-order valence-corrected chi connectivity index (χ0v) is 33.9. The Morgan fingerprint density at radius 1 is 0.518 bits per heavy atom. The van der Waals surface area contributed by atoms with Gasteiger partial charge in [-0.05, 0) is 153 Å². The van der Waals surface area contributed by atoms with Crippen LogP contribution >= 0.6 is 0 Å². The number of esters is 1. The standard InChI is InChI=1S/C41H68N4O11/c1-5-37(46)53-26-54-39(48)43-34-16-8-30(9-17-34)23-32-12-20-36(21-13-32)45-41(50)56-28(3)25-52-38(47)42-33-14-6-29(7-15-33)22-31-10-18-35(19-11-31)44-40(49)55-27(2)24-51-4/h5,27-36H,1,6-26H2,2-4H3,(H,42,47)(H,43,48)(H,44,49)(H,45,50). The molecule has 4 aliphatic carbocycles. The van der Waals surface area contributed by atoms with Crippen LogP contribution in [0.4, 0.5) is 19.2 Å². The fraction of sp³-hybridized carbons (Fsp3) is 0.829. The van der Waals surface area contributed by atoms with Gasteiger partial charge in [-0.25, -0.2) is 24.0 Å². The summed E-state index contributed by atoms with van der Waals surface area (Å²) in [6.45, 7) is 6.78. The molecule has 56 heavy (non-hydrogen) atoms. The molecule has 0 saturated heterocycles. The van der Waals surface area contributed by atoms with Crippen LogP contribution in [0.3, 0.4) is 0 Å². The molecule has 0 radical (unpaired) electrons. The highest BCUT2D eigenvalue weighted by molar-refractivity contribution is 5.81. The minimum absolute atomic E-state index is 0.00706. The van der Waals surface area contributed by atoms with Crippen molar-refractivity contribution in [3.63, 3.8) is 0 Å². The molecule has 0 heterocycles. The van der Waals surface area contributed by atoms with Crippen LogP contribution in [0.15, 0.2) is 12.7 Å². The second-order valence-electron chi connectivity index (χ2n) is 16.6. The first-order valence-corrected chi connectivity index (χ1v) is 21.1. The Bertz CT molecular complexity index is 1240. The molecule has 0 aromatic heterocycles. The van der Waals surface area contributed by atoms with Gasteiger partial charge in [0.2, 0.25) is 6.79 Å². The predicted octanol–water partition coefficient (Wildman–Crippen LogP) is 7.02. The molecule has 0 aromatic carbocycles. The van der Waals surface area contributed by atoms with Gasteiger partial charge in [0, 0.05) is 37.4 Å². The molecule has 0 spiro atoms. The van der Waals surface area contributed by atoms with Crippen LogP contribution in [0, 0.1) is 23.7 Å². The van der Waals surface area contributed by atoms with Crippen LogP contribution in [-0.2, 0) is 33.2 Å². The second kappa shape index (κ2) is 24.1. The average molecular weight is 793 g/mol. The first-order valence-electron chi connectivity index (χ1n) is 21.1. The van der Waals surface area contributed by atoms with Gasteiger partial charge in [0.15, 0.2) is 0 Å². The first kappa shape index (κ1) is 45.0. The zero-order chi connectivity index (χ0) is 40.3. The smallest absolute Gasteiger partial charge is 0.410 e. The van der Waals surface area contributed by atoms with Crippen LogP contribution in [0.5, 0.6) is 0 Å². The Hall–Kier alpha value is -3.75. The summed E-state index contributed by atoms with van der Waals surface area (Å²) < 4.78 is 30.8. The summed E-state index contributed by atoms with van der Waals surface area (Å²) in [5.41, 5.74) is 0. The molecule has 0 aliphatic heterocycles. The number of hydrogen-bond donors (Lipinski definition) is 4. The van der Waals surface area contributed by atoms with Gasteiger partial charge in [-0.3, -0.25) is 0 Å². The second-order valence-corrected chi connectivity index (χ2v) is 16.6. The Kier molecular flexibility index (Phi) is 19.4. The maximum absolute atomic E-state index is 12.6. The average Bonchev–Trinajstić information content (AvgIpc) is 3.17. The van der Waals surface area contributed by atoms with Crippen molar-refractivity contribution in [1.82, 2.24) is 21.3 Å². The minimum atomic E-state index is -0.640. The van der Waals surface area contributed by atoms with Gasteiger partial charge in [-0.15, -0.1) is 0 Å². The lowest BCUT2D eigenvalue weighted by Crippen LogP contribution is -2.41. The number of methoxy groups -OCH3 is 1. The highest BCUT2D eigenvalue weighted by Gasteiger charge is 2.31. The number of carbonyl (C=O) groups excluding carboxylic acids is 5. The quantitative estimate of drug-likeness (QED) is 0.0513. The molecule has 4 saturated carbocycles. The van der Waals surface area contributed by atoms with Crippen molar-refractivity contribution >= 4 is 30.3 Å². The first-order chi connectivity index (χ1) is 27.0. The molecule has 15 nitrogen and oxygen atoms in total. The van der Waals surface area contributed by atoms with Crippen LogP contribution in [0.2, 0.25) is 0 Å². The molecule has 2 atom stereocenters. The van der Waals surface area contributed by atoms with E-state index in [-0.39, 0.29) is 43.0 Å². The summed E-state index contributed by atoms with van der Waals surface area (Å²) in [6, 6.07) is 0.382. The van der Waals surface area contributed by atoms with Crippen molar-refractivity contribution in [3.05, 3.63) is 12.7 Å². The van der Waals surface area contributed by atoms with Crippen LogP contribution in [0.1, 0.15) is 129 Å². The molecule has 15 heteroatoms. The summed E-state index contributed by atoms with van der Waals surface area (Å²) >= 11 is 0. The van der Waals surface area contributed by atoms with Crippen molar-refractivity contribution in [2.24, 2.45) is 23.7 Å². The van der Waals surface area contributed by atoms with Gasteiger partial charge in [0.25, 0.3) is 0 Å². The summed E-state index contributed by atoms with van der Waals surface area (Å²) in [6.07, 6.45) is 16.5. The fourth-order valence-electron chi connectivity index (χ4n) is 8.99. The van der Waals surface area contributed by atoms with Crippen LogP contribution < -0.4 is 21.3 Å². The van der Waals surface area contributed by atoms with Gasteiger partial charge < -0.3 is 49.7 Å². The van der Waals surface area contributed by atoms with E-state index in [9.17, 15) is 24.0 Å². The number of carbonyl (C=O) groups is 5.